The lowest BCUT2D eigenvalue weighted by molar-refractivity contribution is -0.549. The van der Waals surface area contributed by atoms with Crippen LogP contribution in [0.25, 0.3) is 0 Å². The molecular weight excluding hydrogens is 524 g/mol. The van der Waals surface area contributed by atoms with Crippen LogP contribution in [0.2, 0.25) is 5.02 Å². The number of unbranched alkanes of at least 4 members (excludes halogenated alkanes) is 8. The van der Waals surface area contributed by atoms with Crippen molar-refractivity contribution in [1.82, 2.24) is 0 Å². The van der Waals surface area contributed by atoms with Gasteiger partial charge in [0.05, 0.1) is 24.8 Å². The van der Waals surface area contributed by atoms with Crippen LogP contribution in [0, 0.1) is 5.82 Å². The molecule has 1 aliphatic heterocycles. The normalized spacial score (nSPS) is 14.7. The van der Waals surface area contributed by atoms with E-state index in [2.05, 4.69) is 23.6 Å². The van der Waals surface area contributed by atoms with E-state index in [0.29, 0.717) is 41.6 Å². The monoisotopic (exact) mass is 567 g/mol. The SMILES string of the molecule is CCCCCCCCCCCC1=[N+](Cc2c(F)cccc2Cl)CC(CCO)c2cc(OC)c(OC)cc21.[Cl-]. The summed E-state index contributed by atoms with van der Waals surface area (Å²) >= 11 is 6.44. The van der Waals surface area contributed by atoms with Crippen LogP contribution in [0.15, 0.2) is 30.3 Å². The van der Waals surface area contributed by atoms with E-state index in [1.54, 1.807) is 26.4 Å². The van der Waals surface area contributed by atoms with E-state index in [1.807, 2.05) is 0 Å². The molecule has 0 bridgehead atoms. The molecular formula is C31H44Cl2FNO3. The third-order valence-corrected chi connectivity index (χ3v) is 7.89. The van der Waals surface area contributed by atoms with Gasteiger partial charge in [-0.25, -0.2) is 8.97 Å². The van der Waals surface area contributed by atoms with Gasteiger partial charge in [0.25, 0.3) is 0 Å². The third kappa shape index (κ3) is 8.59. The van der Waals surface area contributed by atoms with Gasteiger partial charge in [-0.2, -0.15) is 0 Å². The summed E-state index contributed by atoms with van der Waals surface area (Å²) in [5.41, 5.74) is 3.97. The zero-order chi connectivity index (χ0) is 26.6. The lowest BCUT2D eigenvalue weighted by atomic mass is 9.84. The molecule has 2 aromatic rings. The number of rotatable bonds is 16. The van der Waals surface area contributed by atoms with E-state index in [1.165, 1.54) is 63.1 Å². The van der Waals surface area contributed by atoms with Crippen LogP contribution in [-0.4, -0.2) is 42.8 Å². The molecule has 4 nitrogen and oxygen atoms in total. The Labute approximate surface area is 239 Å². The summed E-state index contributed by atoms with van der Waals surface area (Å²) in [7, 11) is 3.29. The Bertz CT molecular complexity index is 1020. The van der Waals surface area contributed by atoms with Crippen molar-refractivity contribution in [1.29, 1.82) is 0 Å². The van der Waals surface area contributed by atoms with E-state index in [9.17, 15) is 9.50 Å². The van der Waals surface area contributed by atoms with Gasteiger partial charge in [0, 0.05) is 24.5 Å². The van der Waals surface area contributed by atoms with Crippen molar-refractivity contribution in [2.75, 3.05) is 27.4 Å². The van der Waals surface area contributed by atoms with Gasteiger partial charge in [-0.1, -0.05) is 76.0 Å². The first kappa shape index (κ1) is 32.4. The standard InChI is InChI=1S/C31H44ClFNO3.ClH/c1-4-5-6-7-8-9-10-11-12-16-29-25-20-31(37-3)30(36-2)19-24(25)23(17-18-35)21-34(29)22-26-27(32)14-13-15-28(26)33;/h13-15,19-20,23,35H,4-12,16-18,21-22H2,1-3H3;1H/q+1;/p-1. The second-order valence-electron chi connectivity index (χ2n) is 10.1. The summed E-state index contributed by atoms with van der Waals surface area (Å²) in [6.07, 6.45) is 12.9. The Balaban J connectivity index is 0.00000507. The Morgan fingerprint density at radius 3 is 2.21 bits per heavy atom. The Kier molecular flexibility index (Phi) is 14.5. The number of methoxy groups -OCH3 is 2. The zero-order valence-electron chi connectivity index (χ0n) is 23.2. The number of aliphatic hydroxyl groups excluding tert-OH is 1. The van der Waals surface area contributed by atoms with Gasteiger partial charge in [-0.05, 0) is 42.7 Å². The maximum Gasteiger partial charge on any atom is 0.184 e. The number of benzene rings is 2. The lowest BCUT2D eigenvalue weighted by Crippen LogP contribution is -3.00. The minimum Gasteiger partial charge on any atom is -1.00 e. The highest BCUT2D eigenvalue weighted by Gasteiger charge is 2.34. The number of halogens is 3. The molecule has 0 aromatic heterocycles. The molecule has 1 atom stereocenters. The van der Waals surface area contributed by atoms with Crippen LogP contribution in [0.5, 0.6) is 11.5 Å². The molecule has 38 heavy (non-hydrogen) atoms. The summed E-state index contributed by atoms with van der Waals surface area (Å²) in [6.45, 7) is 3.43. The number of nitrogens with zero attached hydrogens (tertiary/aromatic N) is 1. The molecule has 1 unspecified atom stereocenters. The maximum absolute atomic E-state index is 14.8. The zero-order valence-corrected chi connectivity index (χ0v) is 24.7. The van der Waals surface area contributed by atoms with Crippen molar-refractivity contribution in [3.8, 4) is 11.5 Å². The molecule has 2 aromatic carbocycles. The largest absolute Gasteiger partial charge is 1.00 e. The average Bonchev–Trinajstić information content (AvgIpc) is 2.90. The van der Waals surface area contributed by atoms with Gasteiger partial charge in [0.1, 0.15) is 12.4 Å². The number of hydrogen-bond donors (Lipinski definition) is 1. The van der Waals surface area contributed by atoms with Crippen LogP contribution < -0.4 is 21.9 Å². The number of fused-ring (bicyclic) bond motifs is 1. The van der Waals surface area contributed by atoms with E-state index in [-0.39, 0.29) is 30.7 Å². The molecule has 0 saturated heterocycles. The number of aliphatic hydroxyl groups is 1. The van der Waals surface area contributed by atoms with Gasteiger partial charge in [-0.3, -0.25) is 0 Å². The Hall–Kier alpha value is -1.82. The molecule has 0 saturated carbocycles. The predicted molar refractivity (Wildman–Crippen MR) is 150 cm³/mol. The molecule has 0 amide bonds. The molecule has 1 N–H and O–H groups in total. The lowest BCUT2D eigenvalue weighted by Gasteiger charge is -2.27. The van der Waals surface area contributed by atoms with E-state index >= 15 is 0 Å². The summed E-state index contributed by atoms with van der Waals surface area (Å²) in [5, 5.41) is 10.3. The first-order valence-electron chi connectivity index (χ1n) is 13.9. The van der Waals surface area contributed by atoms with Crippen LogP contribution in [0.3, 0.4) is 0 Å². The van der Waals surface area contributed by atoms with Crippen LogP contribution in [-0.2, 0) is 6.54 Å². The first-order chi connectivity index (χ1) is 18.0. The van der Waals surface area contributed by atoms with Crippen LogP contribution in [0.4, 0.5) is 4.39 Å². The Morgan fingerprint density at radius 2 is 1.61 bits per heavy atom. The maximum atomic E-state index is 14.8. The smallest absolute Gasteiger partial charge is 0.184 e. The molecule has 1 heterocycles. The van der Waals surface area contributed by atoms with Crippen molar-refractivity contribution < 1.29 is 36.0 Å². The van der Waals surface area contributed by atoms with E-state index < -0.39 is 0 Å². The summed E-state index contributed by atoms with van der Waals surface area (Å²) in [5.74, 6) is 1.18. The minimum absolute atomic E-state index is 0. The summed E-state index contributed by atoms with van der Waals surface area (Å²) in [4.78, 5) is 0. The van der Waals surface area contributed by atoms with Crippen molar-refractivity contribution in [2.24, 2.45) is 0 Å². The van der Waals surface area contributed by atoms with Gasteiger partial charge >= 0.3 is 0 Å². The van der Waals surface area contributed by atoms with Gasteiger partial charge in [0.2, 0.25) is 0 Å². The number of hydrogen-bond acceptors (Lipinski definition) is 3. The molecule has 7 heteroatoms. The van der Waals surface area contributed by atoms with Gasteiger partial charge in [-0.15, -0.1) is 0 Å². The fraction of sp³-hybridized carbons (Fsp3) is 0.581. The Morgan fingerprint density at radius 1 is 0.974 bits per heavy atom. The first-order valence-corrected chi connectivity index (χ1v) is 14.3. The molecule has 3 rings (SSSR count). The van der Waals surface area contributed by atoms with Gasteiger partial charge in [0.15, 0.2) is 23.8 Å². The van der Waals surface area contributed by atoms with Gasteiger partial charge < -0.3 is 27.0 Å². The van der Waals surface area contributed by atoms with Crippen LogP contribution >= 0.6 is 11.6 Å². The molecule has 0 spiro atoms. The highest BCUT2D eigenvalue weighted by Crippen LogP contribution is 2.39. The highest BCUT2D eigenvalue weighted by molar-refractivity contribution is 6.31. The molecule has 212 valence electrons. The summed E-state index contributed by atoms with van der Waals surface area (Å²) in [6, 6.07) is 8.97. The predicted octanol–water partition coefficient (Wildman–Crippen LogP) is 4.90. The fourth-order valence-electron chi connectivity index (χ4n) is 5.46. The van der Waals surface area contributed by atoms with Crippen LogP contribution in [0.1, 0.15) is 100 Å². The topological polar surface area (TPSA) is 41.7 Å². The van der Waals surface area contributed by atoms with Crippen molar-refractivity contribution in [2.45, 2.75) is 90.0 Å². The van der Waals surface area contributed by atoms with Crippen molar-refractivity contribution in [3.05, 3.63) is 57.9 Å². The third-order valence-electron chi connectivity index (χ3n) is 7.53. The number of ether oxygens (including phenoxy) is 2. The minimum atomic E-state index is -0.285. The molecule has 0 fully saturated rings. The van der Waals surface area contributed by atoms with Crippen molar-refractivity contribution >= 4 is 17.3 Å². The summed E-state index contributed by atoms with van der Waals surface area (Å²) < 4.78 is 28.3. The average molecular weight is 569 g/mol. The quantitative estimate of drug-likeness (QED) is 0.231. The second kappa shape index (κ2) is 17.0. The molecule has 0 aliphatic carbocycles. The fourth-order valence-corrected chi connectivity index (χ4v) is 5.68. The molecule has 1 aliphatic rings. The highest BCUT2D eigenvalue weighted by atomic mass is 35.5. The van der Waals surface area contributed by atoms with E-state index in [4.69, 9.17) is 21.1 Å². The second-order valence-corrected chi connectivity index (χ2v) is 10.5. The van der Waals surface area contributed by atoms with E-state index in [0.717, 1.165) is 24.0 Å². The molecule has 0 radical (unpaired) electrons. The van der Waals surface area contributed by atoms with Crippen molar-refractivity contribution in [3.63, 3.8) is 0 Å².